The van der Waals surface area contributed by atoms with E-state index in [0.717, 1.165) is 32.4 Å². The van der Waals surface area contributed by atoms with E-state index >= 15 is 0 Å². The predicted molar refractivity (Wildman–Crippen MR) is 131 cm³/mol. The van der Waals surface area contributed by atoms with Crippen LogP contribution in [0.5, 0.6) is 0 Å². The van der Waals surface area contributed by atoms with E-state index in [9.17, 15) is 4.79 Å². The van der Waals surface area contributed by atoms with Crippen LogP contribution in [0.3, 0.4) is 0 Å². The van der Waals surface area contributed by atoms with Gasteiger partial charge in [-0.2, -0.15) is 9.50 Å². The molecule has 0 fully saturated rings. The molecule has 162 valence electrons. The summed E-state index contributed by atoms with van der Waals surface area (Å²) in [6, 6.07) is 27.1. The van der Waals surface area contributed by atoms with Crippen molar-refractivity contribution in [3.63, 3.8) is 0 Å². The maximum Gasteiger partial charge on any atom is 0.255 e. The van der Waals surface area contributed by atoms with E-state index in [4.69, 9.17) is 5.10 Å². The number of benzene rings is 3. The number of hydrogen-bond acceptors (Lipinski definition) is 5. The average molecular weight is 452 g/mol. The number of rotatable bonds is 5. The van der Waals surface area contributed by atoms with Crippen molar-refractivity contribution in [1.29, 1.82) is 0 Å². The molecule has 5 rings (SSSR count). The molecule has 0 unspecified atom stereocenters. The summed E-state index contributed by atoms with van der Waals surface area (Å²) < 4.78 is 1.75. The highest BCUT2D eigenvalue weighted by molar-refractivity contribution is 7.99. The quantitative estimate of drug-likeness (QED) is 0.341. The van der Waals surface area contributed by atoms with Gasteiger partial charge >= 0.3 is 0 Å². The van der Waals surface area contributed by atoms with Gasteiger partial charge in [0.15, 0.2) is 5.82 Å². The van der Waals surface area contributed by atoms with Gasteiger partial charge in [-0.15, -0.1) is 5.10 Å². The first-order valence-corrected chi connectivity index (χ1v) is 11.3. The van der Waals surface area contributed by atoms with Crippen LogP contribution >= 0.6 is 11.8 Å². The van der Waals surface area contributed by atoms with E-state index < -0.39 is 0 Å². The van der Waals surface area contributed by atoms with E-state index in [1.807, 2.05) is 98.8 Å². The Labute approximate surface area is 195 Å². The van der Waals surface area contributed by atoms with Gasteiger partial charge in [-0.25, -0.2) is 4.98 Å². The van der Waals surface area contributed by atoms with Crippen molar-refractivity contribution in [3.05, 3.63) is 102 Å². The fourth-order valence-corrected chi connectivity index (χ4v) is 4.45. The van der Waals surface area contributed by atoms with Gasteiger partial charge in [0.25, 0.3) is 11.7 Å². The smallest absolute Gasteiger partial charge is 0.255 e. The summed E-state index contributed by atoms with van der Waals surface area (Å²) in [5.41, 5.74) is 4.24. The maximum absolute atomic E-state index is 12.8. The van der Waals surface area contributed by atoms with E-state index in [1.165, 1.54) is 11.8 Å². The number of fused-ring (bicyclic) bond motifs is 1. The van der Waals surface area contributed by atoms with Crippen molar-refractivity contribution in [2.75, 3.05) is 5.32 Å². The fraction of sp³-hybridized carbons (Fsp3) is 0.0769. The lowest BCUT2D eigenvalue weighted by molar-refractivity contribution is 0.102. The number of para-hydroxylation sites is 1. The third kappa shape index (κ3) is 4.49. The van der Waals surface area contributed by atoms with Crippen LogP contribution in [0.1, 0.15) is 21.6 Å². The van der Waals surface area contributed by atoms with Crippen molar-refractivity contribution < 1.29 is 4.79 Å². The van der Waals surface area contributed by atoms with Crippen LogP contribution in [0.2, 0.25) is 0 Å². The first-order chi connectivity index (χ1) is 16.1. The molecular formula is C26H21N5OS. The number of aryl methyl sites for hydroxylation is 2. The summed E-state index contributed by atoms with van der Waals surface area (Å²) in [4.78, 5) is 22.9. The van der Waals surface area contributed by atoms with E-state index in [-0.39, 0.29) is 5.91 Å². The van der Waals surface area contributed by atoms with Gasteiger partial charge in [0.05, 0.1) is 5.69 Å². The molecule has 6 nitrogen and oxygen atoms in total. The Kier molecular flexibility index (Phi) is 5.62. The summed E-state index contributed by atoms with van der Waals surface area (Å²) in [6.45, 7) is 3.93. The van der Waals surface area contributed by atoms with Crippen molar-refractivity contribution in [1.82, 2.24) is 19.6 Å². The number of aromatic nitrogens is 4. The van der Waals surface area contributed by atoms with Crippen molar-refractivity contribution in [2.24, 2.45) is 0 Å². The summed E-state index contributed by atoms with van der Waals surface area (Å²) >= 11 is 1.51. The van der Waals surface area contributed by atoms with Crippen molar-refractivity contribution in [2.45, 2.75) is 23.8 Å². The topological polar surface area (TPSA) is 72.2 Å². The Hall–Kier alpha value is -3.97. The third-order valence-electron chi connectivity index (χ3n) is 5.10. The van der Waals surface area contributed by atoms with Gasteiger partial charge in [0.2, 0.25) is 0 Å². The maximum atomic E-state index is 12.8. The Bertz CT molecular complexity index is 1450. The number of anilines is 1. The largest absolute Gasteiger partial charge is 0.321 e. The van der Waals surface area contributed by atoms with Gasteiger partial charge in [0, 0.05) is 21.7 Å². The summed E-state index contributed by atoms with van der Waals surface area (Å²) in [5, 5.41) is 8.61. The van der Waals surface area contributed by atoms with Gasteiger partial charge < -0.3 is 5.32 Å². The Morgan fingerprint density at radius 3 is 2.39 bits per heavy atom. The van der Waals surface area contributed by atoms with Crippen LogP contribution in [0.25, 0.3) is 17.2 Å². The minimum absolute atomic E-state index is 0.147. The number of carbonyl (C=O) groups excluding carboxylic acids is 1. The van der Waals surface area contributed by atoms with Crippen LogP contribution in [0.4, 0.5) is 5.69 Å². The van der Waals surface area contributed by atoms with Crippen molar-refractivity contribution in [3.8, 4) is 11.4 Å². The summed E-state index contributed by atoms with van der Waals surface area (Å²) in [7, 11) is 0. The zero-order valence-electron chi connectivity index (χ0n) is 18.2. The first kappa shape index (κ1) is 20.9. The molecule has 0 spiro atoms. The highest BCUT2D eigenvalue weighted by Gasteiger charge is 2.15. The molecule has 0 saturated heterocycles. The van der Waals surface area contributed by atoms with Crippen LogP contribution in [0.15, 0.2) is 94.9 Å². The fourth-order valence-electron chi connectivity index (χ4n) is 3.41. The molecule has 5 aromatic rings. The monoisotopic (exact) mass is 451 g/mol. The normalized spacial score (nSPS) is 11.0. The average Bonchev–Trinajstić information content (AvgIpc) is 3.25. The molecule has 0 atom stereocenters. The highest BCUT2D eigenvalue weighted by atomic mass is 32.2. The molecule has 2 heterocycles. The van der Waals surface area contributed by atoms with Gasteiger partial charge in [-0.05, 0) is 44.2 Å². The number of nitrogens with zero attached hydrogens (tertiary/aromatic N) is 4. The second-order valence-corrected chi connectivity index (χ2v) is 8.73. The van der Waals surface area contributed by atoms with Crippen LogP contribution in [-0.4, -0.2) is 25.5 Å². The zero-order chi connectivity index (χ0) is 22.8. The first-order valence-electron chi connectivity index (χ1n) is 10.5. The molecular weight excluding hydrogens is 430 g/mol. The molecule has 33 heavy (non-hydrogen) atoms. The number of nitrogens with one attached hydrogen (secondary N) is 1. The Morgan fingerprint density at radius 1 is 0.879 bits per heavy atom. The van der Waals surface area contributed by atoms with E-state index in [0.29, 0.717) is 17.2 Å². The number of hydrogen-bond donors (Lipinski definition) is 1. The van der Waals surface area contributed by atoms with E-state index in [1.54, 1.807) is 4.52 Å². The molecule has 0 radical (unpaired) electrons. The molecule has 0 aliphatic heterocycles. The lowest BCUT2D eigenvalue weighted by Gasteiger charge is -2.12. The molecule has 0 aliphatic rings. The molecule has 0 saturated carbocycles. The number of amides is 1. The minimum atomic E-state index is -0.147. The van der Waals surface area contributed by atoms with Crippen LogP contribution in [-0.2, 0) is 0 Å². The van der Waals surface area contributed by atoms with Gasteiger partial charge in [-0.3, -0.25) is 4.79 Å². The molecule has 1 amide bonds. The summed E-state index contributed by atoms with van der Waals surface area (Å²) in [6.07, 6.45) is 0. The molecule has 2 aromatic heterocycles. The molecule has 3 aromatic carbocycles. The second kappa shape index (κ2) is 8.88. The standard InChI is InChI=1S/C26H21N5OS/c1-17-12-14-20(15-13-17)25(32)28-21-10-6-7-11-22(21)33-23-16-18(2)27-26-29-24(30-31(23)26)19-8-4-3-5-9-19/h3-16H,1-2H3,(H,28,32). The lowest BCUT2D eigenvalue weighted by Crippen LogP contribution is -2.12. The molecule has 0 aliphatic carbocycles. The summed E-state index contributed by atoms with van der Waals surface area (Å²) in [5.74, 6) is 1.01. The lowest BCUT2D eigenvalue weighted by atomic mass is 10.1. The molecule has 0 bridgehead atoms. The zero-order valence-corrected chi connectivity index (χ0v) is 19.0. The SMILES string of the molecule is Cc1ccc(C(=O)Nc2ccccc2Sc2cc(C)nc3nc(-c4ccccc4)nn23)cc1. The molecule has 1 N–H and O–H groups in total. The Balaban J connectivity index is 1.48. The van der Waals surface area contributed by atoms with Gasteiger partial charge in [-0.1, -0.05) is 71.9 Å². The number of carbonyl (C=O) groups is 1. The second-order valence-electron chi connectivity index (χ2n) is 7.67. The van der Waals surface area contributed by atoms with E-state index in [2.05, 4.69) is 15.3 Å². The van der Waals surface area contributed by atoms with Crippen LogP contribution in [0, 0.1) is 13.8 Å². The Morgan fingerprint density at radius 2 is 1.61 bits per heavy atom. The van der Waals surface area contributed by atoms with Crippen LogP contribution < -0.4 is 5.32 Å². The van der Waals surface area contributed by atoms with Crippen molar-refractivity contribution >= 4 is 29.1 Å². The highest BCUT2D eigenvalue weighted by Crippen LogP contribution is 2.34. The predicted octanol–water partition coefficient (Wildman–Crippen LogP) is 5.81. The molecule has 7 heteroatoms. The minimum Gasteiger partial charge on any atom is -0.321 e. The van der Waals surface area contributed by atoms with Gasteiger partial charge in [0.1, 0.15) is 5.03 Å². The third-order valence-corrected chi connectivity index (χ3v) is 6.18.